The molecule has 0 fully saturated rings. The van der Waals surface area contributed by atoms with Crippen LogP contribution in [0.1, 0.15) is 21.5 Å². The fraction of sp³-hybridized carbons (Fsp3) is 0.167. The fourth-order valence-corrected chi connectivity index (χ4v) is 3.12. The van der Waals surface area contributed by atoms with E-state index in [1.807, 2.05) is 33.7 Å². The quantitative estimate of drug-likeness (QED) is 0.731. The van der Waals surface area contributed by atoms with E-state index in [1.54, 1.807) is 12.7 Å². The Morgan fingerprint density at radius 1 is 1.04 bits per heavy atom. The molecule has 23 heavy (non-hydrogen) atoms. The van der Waals surface area contributed by atoms with Crippen LogP contribution in [0.2, 0.25) is 0 Å². The van der Waals surface area contributed by atoms with Crippen LogP contribution in [0.4, 0.5) is 5.69 Å². The van der Waals surface area contributed by atoms with E-state index in [0.29, 0.717) is 5.56 Å². The minimum atomic E-state index is 0.0494. The van der Waals surface area contributed by atoms with Crippen molar-refractivity contribution in [3.63, 3.8) is 0 Å². The number of carbonyl (C=O) groups is 1. The average Bonchev–Trinajstić information content (AvgIpc) is 3.25. The lowest BCUT2D eigenvalue weighted by atomic mass is 10.1. The van der Waals surface area contributed by atoms with Crippen LogP contribution in [0, 0.1) is 6.92 Å². The van der Waals surface area contributed by atoms with Crippen LogP contribution in [0.5, 0.6) is 0 Å². The molecule has 0 aliphatic carbocycles. The zero-order valence-corrected chi connectivity index (χ0v) is 12.8. The van der Waals surface area contributed by atoms with Gasteiger partial charge >= 0.3 is 0 Å². The van der Waals surface area contributed by atoms with E-state index in [4.69, 9.17) is 0 Å². The van der Waals surface area contributed by atoms with Gasteiger partial charge in [-0.2, -0.15) is 0 Å². The van der Waals surface area contributed by atoms with Crippen LogP contribution >= 0.6 is 0 Å². The predicted molar refractivity (Wildman–Crippen MR) is 87.9 cm³/mol. The van der Waals surface area contributed by atoms with E-state index in [-0.39, 0.29) is 5.91 Å². The van der Waals surface area contributed by atoms with Gasteiger partial charge in [0, 0.05) is 17.8 Å². The Bertz CT molecular complexity index is 853. The highest BCUT2D eigenvalue weighted by Crippen LogP contribution is 2.32. The molecule has 2 aromatic carbocycles. The van der Waals surface area contributed by atoms with Crippen molar-refractivity contribution >= 4 is 11.6 Å². The molecule has 0 atom stereocenters. The molecule has 5 nitrogen and oxygen atoms in total. The van der Waals surface area contributed by atoms with Crippen molar-refractivity contribution in [2.75, 3.05) is 11.4 Å². The molecule has 3 aromatic rings. The van der Waals surface area contributed by atoms with Gasteiger partial charge in [-0.1, -0.05) is 18.2 Å². The first-order valence-corrected chi connectivity index (χ1v) is 7.59. The van der Waals surface area contributed by atoms with Gasteiger partial charge in [-0.15, -0.1) is 10.2 Å². The highest BCUT2D eigenvalue weighted by atomic mass is 16.2. The maximum Gasteiger partial charge on any atom is 0.258 e. The topological polar surface area (TPSA) is 51.0 Å². The summed E-state index contributed by atoms with van der Waals surface area (Å²) in [7, 11) is 0. The van der Waals surface area contributed by atoms with Crippen molar-refractivity contribution in [3.8, 4) is 5.69 Å². The van der Waals surface area contributed by atoms with E-state index in [9.17, 15) is 4.79 Å². The summed E-state index contributed by atoms with van der Waals surface area (Å²) in [5.74, 6) is 0.0494. The number of anilines is 1. The van der Waals surface area contributed by atoms with Gasteiger partial charge in [0.1, 0.15) is 12.7 Å². The van der Waals surface area contributed by atoms with Crippen LogP contribution in [0.3, 0.4) is 0 Å². The van der Waals surface area contributed by atoms with E-state index in [2.05, 4.69) is 35.3 Å². The minimum absolute atomic E-state index is 0.0494. The monoisotopic (exact) mass is 304 g/mol. The summed E-state index contributed by atoms with van der Waals surface area (Å²) in [5, 5.41) is 7.58. The van der Waals surface area contributed by atoms with Crippen molar-refractivity contribution in [2.45, 2.75) is 13.3 Å². The summed E-state index contributed by atoms with van der Waals surface area (Å²) in [6.45, 7) is 2.80. The molecule has 0 spiro atoms. The predicted octanol–water partition coefficient (Wildman–Crippen LogP) is 2.78. The first-order chi connectivity index (χ1) is 11.2. The third-order valence-electron chi connectivity index (χ3n) is 4.27. The second-order valence-corrected chi connectivity index (χ2v) is 5.71. The number of aryl methyl sites for hydroxylation is 1. The first-order valence-electron chi connectivity index (χ1n) is 7.59. The van der Waals surface area contributed by atoms with Crippen LogP contribution in [0.25, 0.3) is 5.69 Å². The summed E-state index contributed by atoms with van der Waals surface area (Å²) in [5.41, 5.74) is 5.09. The van der Waals surface area contributed by atoms with Crippen LogP contribution in [-0.4, -0.2) is 27.2 Å². The number of nitrogens with zero attached hydrogens (tertiary/aromatic N) is 4. The molecule has 0 bridgehead atoms. The number of hydrogen-bond donors (Lipinski definition) is 0. The minimum Gasteiger partial charge on any atom is -0.307 e. The summed E-state index contributed by atoms with van der Waals surface area (Å²) in [4.78, 5) is 14.7. The molecule has 2 heterocycles. The molecule has 0 unspecified atom stereocenters. The SMILES string of the molecule is Cc1cccc2c1N(C(=O)c1ccc(-n3cnnc3)cc1)CC2. The molecular formula is C18H16N4O. The second kappa shape index (κ2) is 5.35. The van der Waals surface area contributed by atoms with Gasteiger partial charge in [-0.3, -0.25) is 9.36 Å². The molecule has 0 saturated heterocycles. The normalized spacial score (nSPS) is 13.2. The van der Waals surface area contributed by atoms with E-state index in [1.165, 1.54) is 5.56 Å². The van der Waals surface area contributed by atoms with Crippen molar-refractivity contribution in [3.05, 3.63) is 71.8 Å². The lowest BCUT2D eigenvalue weighted by Gasteiger charge is -2.19. The van der Waals surface area contributed by atoms with Gasteiger partial charge in [-0.25, -0.2) is 0 Å². The number of benzene rings is 2. The van der Waals surface area contributed by atoms with Crippen LogP contribution < -0.4 is 4.90 Å². The van der Waals surface area contributed by atoms with Crippen molar-refractivity contribution in [1.29, 1.82) is 0 Å². The lowest BCUT2D eigenvalue weighted by Crippen LogP contribution is -2.29. The molecule has 5 heteroatoms. The Morgan fingerprint density at radius 3 is 2.52 bits per heavy atom. The number of rotatable bonds is 2. The van der Waals surface area contributed by atoms with Gasteiger partial charge in [0.25, 0.3) is 5.91 Å². The molecule has 1 aliphatic heterocycles. The fourth-order valence-electron chi connectivity index (χ4n) is 3.12. The zero-order valence-electron chi connectivity index (χ0n) is 12.8. The molecule has 114 valence electrons. The summed E-state index contributed by atoms with van der Waals surface area (Å²) in [6.07, 6.45) is 4.19. The summed E-state index contributed by atoms with van der Waals surface area (Å²) in [6, 6.07) is 13.7. The van der Waals surface area contributed by atoms with Crippen LogP contribution in [0.15, 0.2) is 55.1 Å². The van der Waals surface area contributed by atoms with E-state index in [0.717, 1.165) is 29.9 Å². The summed E-state index contributed by atoms with van der Waals surface area (Å²) < 4.78 is 1.81. The smallest absolute Gasteiger partial charge is 0.258 e. The number of aromatic nitrogens is 3. The molecule has 0 N–H and O–H groups in total. The van der Waals surface area contributed by atoms with Gasteiger partial charge in [-0.05, 0) is 48.7 Å². The number of fused-ring (bicyclic) bond motifs is 1. The number of carbonyl (C=O) groups excluding carboxylic acids is 1. The lowest BCUT2D eigenvalue weighted by molar-refractivity contribution is 0.0989. The maximum atomic E-state index is 12.9. The van der Waals surface area contributed by atoms with Crippen LogP contribution in [-0.2, 0) is 6.42 Å². The Kier molecular flexibility index (Phi) is 3.19. The molecule has 1 aromatic heterocycles. The largest absolute Gasteiger partial charge is 0.307 e. The second-order valence-electron chi connectivity index (χ2n) is 5.71. The highest BCUT2D eigenvalue weighted by Gasteiger charge is 2.26. The van der Waals surface area contributed by atoms with Crippen molar-refractivity contribution in [1.82, 2.24) is 14.8 Å². The number of hydrogen-bond acceptors (Lipinski definition) is 3. The molecule has 1 amide bonds. The Labute approximate surface area is 134 Å². The van der Waals surface area contributed by atoms with Gasteiger partial charge < -0.3 is 4.90 Å². The Morgan fingerprint density at radius 2 is 1.78 bits per heavy atom. The zero-order chi connectivity index (χ0) is 15.8. The number of para-hydroxylation sites is 1. The molecule has 0 saturated carbocycles. The van der Waals surface area contributed by atoms with Gasteiger partial charge in [0.2, 0.25) is 0 Å². The number of amides is 1. The molecule has 4 rings (SSSR count). The Hall–Kier alpha value is -2.95. The molecular weight excluding hydrogens is 288 g/mol. The summed E-state index contributed by atoms with van der Waals surface area (Å²) >= 11 is 0. The third-order valence-corrected chi connectivity index (χ3v) is 4.27. The Balaban J connectivity index is 1.64. The van der Waals surface area contributed by atoms with Gasteiger partial charge in [0.05, 0.1) is 5.69 Å². The van der Waals surface area contributed by atoms with Crippen molar-refractivity contribution in [2.24, 2.45) is 0 Å². The highest BCUT2D eigenvalue weighted by molar-refractivity contribution is 6.07. The third kappa shape index (κ3) is 2.30. The molecule has 1 aliphatic rings. The standard InChI is InChI=1S/C18H16N4O/c1-13-3-2-4-14-9-10-22(17(13)14)18(23)15-5-7-16(8-6-15)21-11-19-20-12-21/h2-8,11-12H,9-10H2,1H3. The van der Waals surface area contributed by atoms with E-state index >= 15 is 0 Å². The van der Waals surface area contributed by atoms with Gasteiger partial charge in [0.15, 0.2) is 0 Å². The maximum absolute atomic E-state index is 12.9. The average molecular weight is 304 g/mol. The first kappa shape index (κ1) is 13.7. The van der Waals surface area contributed by atoms with Crippen molar-refractivity contribution < 1.29 is 4.79 Å². The molecule has 0 radical (unpaired) electrons. The van der Waals surface area contributed by atoms with E-state index < -0.39 is 0 Å².